The van der Waals surface area contributed by atoms with Crippen LogP contribution in [-0.4, -0.2) is 29.0 Å². The summed E-state index contributed by atoms with van der Waals surface area (Å²) in [6.45, 7) is 1.11. The smallest absolute Gasteiger partial charge is 0.312 e. The van der Waals surface area contributed by atoms with Crippen LogP contribution in [0, 0.1) is 21.4 Å². The van der Waals surface area contributed by atoms with Gasteiger partial charge in [-0.15, -0.1) is 0 Å². The minimum absolute atomic E-state index is 0.0389. The Labute approximate surface area is 91.3 Å². The maximum absolute atomic E-state index is 10.8. The Morgan fingerprint density at radius 2 is 2.38 bits per heavy atom. The van der Waals surface area contributed by atoms with Gasteiger partial charge < -0.3 is 10.6 Å². The van der Waals surface area contributed by atoms with Crippen molar-refractivity contribution in [2.45, 2.75) is 6.04 Å². The lowest BCUT2D eigenvalue weighted by atomic mass is 10.1. The molecule has 0 radical (unpaired) electrons. The first-order valence-electron chi connectivity index (χ1n) is 4.67. The van der Waals surface area contributed by atoms with Crippen LogP contribution in [-0.2, 0) is 0 Å². The maximum atomic E-state index is 10.8. The summed E-state index contributed by atoms with van der Waals surface area (Å²) in [6.07, 6.45) is 1.33. The van der Waals surface area contributed by atoms with E-state index in [1.54, 1.807) is 4.90 Å². The van der Waals surface area contributed by atoms with Crippen LogP contribution in [0.5, 0.6) is 0 Å². The van der Waals surface area contributed by atoms with E-state index >= 15 is 0 Å². The van der Waals surface area contributed by atoms with Gasteiger partial charge in [-0.05, 0) is 0 Å². The van der Waals surface area contributed by atoms with Crippen LogP contribution in [0.4, 0.5) is 11.5 Å². The van der Waals surface area contributed by atoms with Crippen molar-refractivity contribution in [1.82, 2.24) is 4.98 Å². The molecule has 0 bridgehead atoms. The molecule has 0 spiro atoms. The number of nitrogens with zero attached hydrogens (tertiary/aromatic N) is 4. The van der Waals surface area contributed by atoms with Gasteiger partial charge in [0, 0.05) is 31.4 Å². The normalized spacial score (nSPS) is 15.4. The molecule has 1 saturated heterocycles. The highest BCUT2D eigenvalue weighted by Gasteiger charge is 2.30. The van der Waals surface area contributed by atoms with Gasteiger partial charge in [0.15, 0.2) is 0 Å². The average molecular weight is 219 g/mol. The lowest BCUT2D eigenvalue weighted by Crippen LogP contribution is -2.56. The number of pyridine rings is 1. The molecule has 1 aliphatic heterocycles. The average Bonchev–Trinajstić information content (AvgIpc) is 2.24. The van der Waals surface area contributed by atoms with E-state index in [-0.39, 0.29) is 23.1 Å². The molecule has 7 heteroatoms. The molecule has 7 nitrogen and oxygen atoms in total. The molecule has 1 aromatic rings. The van der Waals surface area contributed by atoms with Crippen LogP contribution in [0.2, 0.25) is 0 Å². The summed E-state index contributed by atoms with van der Waals surface area (Å²) in [4.78, 5) is 15.9. The van der Waals surface area contributed by atoms with Gasteiger partial charge in [-0.3, -0.25) is 10.1 Å². The van der Waals surface area contributed by atoms with E-state index < -0.39 is 4.92 Å². The van der Waals surface area contributed by atoms with E-state index in [4.69, 9.17) is 11.0 Å². The minimum Gasteiger partial charge on any atom is -0.348 e. The summed E-state index contributed by atoms with van der Waals surface area (Å²) < 4.78 is 0. The van der Waals surface area contributed by atoms with Crippen molar-refractivity contribution in [1.29, 1.82) is 5.26 Å². The van der Waals surface area contributed by atoms with Crippen LogP contribution in [0.25, 0.3) is 0 Å². The molecular weight excluding hydrogens is 210 g/mol. The SMILES string of the molecule is N#Cc1cnc(N2CC(N)C2)c([N+](=O)[O-])c1. The third-order valence-electron chi connectivity index (χ3n) is 2.38. The highest BCUT2D eigenvalue weighted by molar-refractivity contribution is 5.61. The number of aromatic nitrogens is 1. The highest BCUT2D eigenvalue weighted by Crippen LogP contribution is 2.29. The van der Waals surface area contributed by atoms with Crippen molar-refractivity contribution in [3.63, 3.8) is 0 Å². The Morgan fingerprint density at radius 1 is 1.69 bits per heavy atom. The zero-order valence-corrected chi connectivity index (χ0v) is 8.33. The van der Waals surface area contributed by atoms with E-state index in [2.05, 4.69) is 4.98 Å². The predicted octanol–water partition coefficient (Wildman–Crippen LogP) is 0.00878. The fourth-order valence-electron chi connectivity index (χ4n) is 1.57. The number of hydrogen-bond donors (Lipinski definition) is 1. The quantitative estimate of drug-likeness (QED) is 0.554. The monoisotopic (exact) mass is 219 g/mol. The van der Waals surface area contributed by atoms with Crippen LogP contribution in [0.15, 0.2) is 12.3 Å². The molecule has 2 rings (SSSR count). The van der Waals surface area contributed by atoms with Gasteiger partial charge >= 0.3 is 5.69 Å². The number of nitro groups is 1. The van der Waals surface area contributed by atoms with Crippen molar-refractivity contribution in [2.75, 3.05) is 18.0 Å². The molecule has 1 fully saturated rings. The van der Waals surface area contributed by atoms with E-state index in [9.17, 15) is 10.1 Å². The third-order valence-corrected chi connectivity index (χ3v) is 2.38. The molecule has 0 aromatic carbocycles. The van der Waals surface area contributed by atoms with Crippen LogP contribution in [0.1, 0.15) is 5.56 Å². The fourth-order valence-corrected chi connectivity index (χ4v) is 1.57. The highest BCUT2D eigenvalue weighted by atomic mass is 16.6. The first-order chi connectivity index (χ1) is 7.61. The van der Waals surface area contributed by atoms with Gasteiger partial charge in [0.1, 0.15) is 6.07 Å². The van der Waals surface area contributed by atoms with E-state index in [1.165, 1.54) is 12.3 Å². The maximum Gasteiger partial charge on any atom is 0.312 e. The Kier molecular flexibility index (Phi) is 2.42. The van der Waals surface area contributed by atoms with Crippen molar-refractivity contribution < 1.29 is 4.92 Å². The third kappa shape index (κ3) is 1.66. The van der Waals surface area contributed by atoms with Gasteiger partial charge in [0.05, 0.1) is 10.5 Å². The van der Waals surface area contributed by atoms with Crippen molar-refractivity contribution in [3.05, 3.63) is 27.9 Å². The summed E-state index contributed by atoms with van der Waals surface area (Å²) in [5.41, 5.74) is 5.63. The molecule has 0 unspecified atom stereocenters. The lowest BCUT2D eigenvalue weighted by molar-refractivity contribution is -0.384. The molecule has 2 N–H and O–H groups in total. The summed E-state index contributed by atoms with van der Waals surface area (Å²) in [7, 11) is 0. The van der Waals surface area contributed by atoms with Gasteiger partial charge in [-0.25, -0.2) is 4.98 Å². The largest absolute Gasteiger partial charge is 0.348 e. The summed E-state index contributed by atoms with van der Waals surface area (Å²) in [5, 5.41) is 19.5. The number of nitriles is 1. The summed E-state index contributed by atoms with van der Waals surface area (Å²) in [5.74, 6) is 0.283. The van der Waals surface area contributed by atoms with Gasteiger partial charge in [0.25, 0.3) is 0 Å². The van der Waals surface area contributed by atoms with E-state index in [0.717, 1.165) is 0 Å². The molecule has 0 atom stereocenters. The second-order valence-corrected chi connectivity index (χ2v) is 3.60. The van der Waals surface area contributed by atoms with Crippen molar-refractivity contribution in [3.8, 4) is 6.07 Å². The fraction of sp³-hybridized carbons (Fsp3) is 0.333. The Balaban J connectivity index is 2.38. The Morgan fingerprint density at radius 3 is 2.88 bits per heavy atom. The molecule has 82 valence electrons. The van der Waals surface area contributed by atoms with E-state index in [1.807, 2.05) is 6.07 Å². The topological polar surface area (TPSA) is 109 Å². The Bertz CT molecular complexity index is 475. The molecule has 16 heavy (non-hydrogen) atoms. The Hall–Kier alpha value is -2.20. The molecule has 0 aliphatic carbocycles. The molecule has 1 aliphatic rings. The van der Waals surface area contributed by atoms with Gasteiger partial charge in [-0.1, -0.05) is 0 Å². The summed E-state index contributed by atoms with van der Waals surface area (Å²) >= 11 is 0. The van der Waals surface area contributed by atoms with Crippen LogP contribution in [0.3, 0.4) is 0 Å². The number of rotatable bonds is 2. The molecule has 0 saturated carbocycles. The number of anilines is 1. The van der Waals surface area contributed by atoms with Crippen molar-refractivity contribution in [2.24, 2.45) is 5.73 Å². The molecule has 2 heterocycles. The minimum atomic E-state index is -0.535. The molecule has 0 amide bonds. The number of hydrogen-bond acceptors (Lipinski definition) is 6. The van der Waals surface area contributed by atoms with Gasteiger partial charge in [0.2, 0.25) is 5.82 Å². The second kappa shape index (κ2) is 3.75. The van der Waals surface area contributed by atoms with Crippen LogP contribution >= 0.6 is 0 Å². The zero-order valence-electron chi connectivity index (χ0n) is 8.33. The first kappa shape index (κ1) is 10.3. The lowest BCUT2D eigenvalue weighted by Gasteiger charge is -2.37. The second-order valence-electron chi connectivity index (χ2n) is 3.60. The predicted molar refractivity (Wildman–Crippen MR) is 55.8 cm³/mol. The zero-order chi connectivity index (χ0) is 11.7. The number of nitrogens with two attached hydrogens (primary N) is 1. The van der Waals surface area contributed by atoms with Crippen LogP contribution < -0.4 is 10.6 Å². The molecule has 1 aromatic heterocycles. The summed E-state index contributed by atoms with van der Waals surface area (Å²) in [6, 6.07) is 3.09. The standard InChI is InChI=1S/C9H9N5O2/c10-2-6-1-8(14(15)16)9(12-3-6)13-4-7(11)5-13/h1,3,7H,4-5,11H2. The van der Waals surface area contributed by atoms with E-state index in [0.29, 0.717) is 13.1 Å². The molecular formula is C9H9N5O2. The van der Waals surface area contributed by atoms with Crippen molar-refractivity contribution >= 4 is 11.5 Å². The first-order valence-corrected chi connectivity index (χ1v) is 4.67. The van der Waals surface area contributed by atoms with Gasteiger partial charge in [-0.2, -0.15) is 5.26 Å².